The first-order valence-corrected chi connectivity index (χ1v) is 6.95. The van der Waals surface area contributed by atoms with Gasteiger partial charge < -0.3 is 11.1 Å². The van der Waals surface area contributed by atoms with Crippen LogP contribution in [0.3, 0.4) is 0 Å². The molecule has 100 valence electrons. The first kappa shape index (κ1) is 14.6. The molecular formula is C12H17FN2O2S. The Morgan fingerprint density at radius 2 is 2.17 bits per heavy atom. The van der Waals surface area contributed by atoms with Crippen LogP contribution in [0.1, 0.15) is 20.3 Å². The van der Waals surface area contributed by atoms with Crippen LogP contribution in [0.25, 0.3) is 0 Å². The van der Waals surface area contributed by atoms with E-state index in [1.165, 1.54) is 12.1 Å². The number of nitrogen functional groups attached to an aromatic ring is 1. The van der Waals surface area contributed by atoms with E-state index in [2.05, 4.69) is 5.32 Å². The van der Waals surface area contributed by atoms with Crippen LogP contribution in [0, 0.1) is 5.82 Å². The summed E-state index contributed by atoms with van der Waals surface area (Å²) >= 11 is 0. The number of amides is 1. The molecule has 0 spiro atoms. The first-order chi connectivity index (χ1) is 8.40. The Hall–Kier alpha value is -1.43. The minimum atomic E-state index is -1.39. The lowest BCUT2D eigenvalue weighted by Crippen LogP contribution is -2.30. The number of carbonyl (C=O) groups is 1. The Morgan fingerprint density at radius 3 is 2.72 bits per heavy atom. The van der Waals surface area contributed by atoms with Crippen molar-refractivity contribution in [3.8, 4) is 0 Å². The molecule has 1 aromatic rings. The van der Waals surface area contributed by atoms with Crippen molar-refractivity contribution in [2.75, 3.05) is 11.5 Å². The average molecular weight is 272 g/mol. The lowest BCUT2D eigenvalue weighted by Gasteiger charge is -2.09. The zero-order valence-electron chi connectivity index (χ0n) is 10.4. The van der Waals surface area contributed by atoms with Gasteiger partial charge in [0.2, 0.25) is 5.91 Å². The summed E-state index contributed by atoms with van der Waals surface area (Å²) in [6, 6.07) is 3.78. The van der Waals surface area contributed by atoms with Gasteiger partial charge in [0.25, 0.3) is 0 Å². The van der Waals surface area contributed by atoms with Gasteiger partial charge in [0.05, 0.1) is 21.4 Å². The minimum Gasteiger partial charge on any atom is -0.398 e. The van der Waals surface area contributed by atoms with E-state index in [0.717, 1.165) is 6.07 Å². The second kappa shape index (κ2) is 6.49. The van der Waals surface area contributed by atoms with Gasteiger partial charge >= 0.3 is 0 Å². The van der Waals surface area contributed by atoms with E-state index in [4.69, 9.17) is 5.73 Å². The highest BCUT2D eigenvalue weighted by Gasteiger charge is 2.11. The van der Waals surface area contributed by atoms with Crippen molar-refractivity contribution in [3.63, 3.8) is 0 Å². The molecule has 18 heavy (non-hydrogen) atoms. The molecule has 0 aliphatic carbocycles. The van der Waals surface area contributed by atoms with Crippen molar-refractivity contribution in [2.24, 2.45) is 0 Å². The van der Waals surface area contributed by atoms with E-state index >= 15 is 0 Å². The first-order valence-electron chi connectivity index (χ1n) is 5.63. The Morgan fingerprint density at radius 1 is 1.50 bits per heavy atom. The number of carbonyl (C=O) groups excluding carboxylic acids is 1. The molecule has 0 radical (unpaired) electrons. The molecule has 1 unspecified atom stereocenters. The van der Waals surface area contributed by atoms with E-state index in [9.17, 15) is 13.4 Å². The third-order valence-electron chi connectivity index (χ3n) is 2.18. The third-order valence-corrected chi connectivity index (χ3v) is 3.62. The van der Waals surface area contributed by atoms with Crippen molar-refractivity contribution >= 4 is 22.4 Å². The van der Waals surface area contributed by atoms with Crippen molar-refractivity contribution in [3.05, 3.63) is 24.0 Å². The maximum Gasteiger partial charge on any atom is 0.221 e. The van der Waals surface area contributed by atoms with E-state index in [0.29, 0.717) is 4.90 Å². The monoisotopic (exact) mass is 272 g/mol. The van der Waals surface area contributed by atoms with Gasteiger partial charge in [-0.25, -0.2) is 4.39 Å². The Kier molecular flexibility index (Phi) is 5.27. The zero-order chi connectivity index (χ0) is 13.7. The van der Waals surface area contributed by atoms with Crippen LogP contribution in [0.5, 0.6) is 0 Å². The van der Waals surface area contributed by atoms with Crippen molar-refractivity contribution in [2.45, 2.75) is 31.2 Å². The maximum absolute atomic E-state index is 12.8. The molecule has 0 fully saturated rings. The Bertz CT molecular complexity index is 463. The second-order valence-electron chi connectivity index (χ2n) is 4.20. The molecule has 0 aliphatic rings. The van der Waals surface area contributed by atoms with Crippen molar-refractivity contribution in [1.82, 2.24) is 5.32 Å². The van der Waals surface area contributed by atoms with E-state index < -0.39 is 16.6 Å². The molecule has 0 aliphatic heterocycles. The summed E-state index contributed by atoms with van der Waals surface area (Å²) < 4.78 is 24.7. The predicted octanol–water partition coefficient (Wildman–Crippen LogP) is 1.43. The Balaban J connectivity index is 2.58. The molecule has 1 amide bonds. The largest absolute Gasteiger partial charge is 0.398 e. The van der Waals surface area contributed by atoms with Gasteiger partial charge in [0.1, 0.15) is 5.82 Å². The highest BCUT2D eigenvalue weighted by molar-refractivity contribution is 7.85. The van der Waals surface area contributed by atoms with Crippen LogP contribution in [0.2, 0.25) is 0 Å². The number of rotatable bonds is 5. The topological polar surface area (TPSA) is 72.2 Å². The summed E-state index contributed by atoms with van der Waals surface area (Å²) in [6.07, 6.45) is 0.154. The molecule has 0 saturated carbocycles. The number of anilines is 1. The molecule has 0 bridgehead atoms. The van der Waals surface area contributed by atoms with Crippen LogP contribution in [-0.2, 0) is 15.6 Å². The molecule has 0 aromatic heterocycles. The van der Waals surface area contributed by atoms with E-state index in [-0.39, 0.29) is 29.8 Å². The van der Waals surface area contributed by atoms with Gasteiger partial charge in [-0.3, -0.25) is 9.00 Å². The standard InChI is InChI=1S/C12H17FN2O2S/c1-8(2)15-12(16)5-6-18(17)11-4-3-9(13)7-10(11)14/h3-4,7-8H,5-6,14H2,1-2H3,(H,15,16). The quantitative estimate of drug-likeness (QED) is 0.796. The highest BCUT2D eigenvalue weighted by Crippen LogP contribution is 2.18. The summed E-state index contributed by atoms with van der Waals surface area (Å²) in [6.45, 7) is 3.71. The summed E-state index contributed by atoms with van der Waals surface area (Å²) in [5.74, 6) is -0.446. The van der Waals surface area contributed by atoms with Gasteiger partial charge in [-0.15, -0.1) is 0 Å². The number of hydrogen-bond acceptors (Lipinski definition) is 3. The molecule has 1 rings (SSSR count). The van der Waals surface area contributed by atoms with Gasteiger partial charge in [-0.1, -0.05) is 0 Å². The summed E-state index contributed by atoms with van der Waals surface area (Å²) in [4.78, 5) is 11.8. The number of benzene rings is 1. The molecule has 6 heteroatoms. The SMILES string of the molecule is CC(C)NC(=O)CCS(=O)c1ccc(F)cc1N. The number of hydrogen-bond donors (Lipinski definition) is 2. The van der Waals surface area contributed by atoms with Crippen LogP contribution >= 0.6 is 0 Å². The fraction of sp³-hybridized carbons (Fsp3) is 0.417. The normalized spacial score (nSPS) is 12.4. The molecule has 0 saturated heterocycles. The molecular weight excluding hydrogens is 255 g/mol. The fourth-order valence-electron chi connectivity index (χ4n) is 1.42. The van der Waals surface area contributed by atoms with Crippen molar-refractivity contribution in [1.29, 1.82) is 0 Å². The smallest absolute Gasteiger partial charge is 0.221 e. The molecule has 3 N–H and O–H groups in total. The lowest BCUT2D eigenvalue weighted by molar-refractivity contribution is -0.121. The second-order valence-corrected chi connectivity index (χ2v) is 5.74. The predicted molar refractivity (Wildman–Crippen MR) is 70.0 cm³/mol. The number of nitrogens with two attached hydrogens (primary N) is 1. The van der Waals surface area contributed by atoms with Crippen LogP contribution in [-0.4, -0.2) is 21.9 Å². The summed E-state index contributed by atoms with van der Waals surface area (Å²) in [5, 5.41) is 2.71. The summed E-state index contributed by atoms with van der Waals surface area (Å²) in [7, 11) is -1.39. The van der Waals surface area contributed by atoms with E-state index in [1.807, 2.05) is 13.8 Å². The van der Waals surface area contributed by atoms with Crippen LogP contribution < -0.4 is 11.1 Å². The van der Waals surface area contributed by atoms with Gasteiger partial charge in [0, 0.05) is 18.2 Å². The van der Waals surface area contributed by atoms with Gasteiger partial charge in [-0.2, -0.15) is 0 Å². The highest BCUT2D eigenvalue weighted by atomic mass is 32.2. The molecule has 4 nitrogen and oxygen atoms in total. The zero-order valence-corrected chi connectivity index (χ0v) is 11.2. The molecule has 1 aromatic carbocycles. The van der Waals surface area contributed by atoms with Crippen LogP contribution in [0.4, 0.5) is 10.1 Å². The van der Waals surface area contributed by atoms with Crippen LogP contribution in [0.15, 0.2) is 23.1 Å². The summed E-state index contributed by atoms with van der Waals surface area (Å²) in [5.41, 5.74) is 5.73. The van der Waals surface area contributed by atoms with E-state index in [1.54, 1.807) is 0 Å². The molecule has 1 atom stereocenters. The maximum atomic E-state index is 12.8. The van der Waals surface area contributed by atoms with Gasteiger partial charge in [0.15, 0.2) is 0 Å². The molecule has 0 heterocycles. The lowest BCUT2D eigenvalue weighted by atomic mass is 10.3. The third kappa shape index (κ3) is 4.44. The average Bonchev–Trinajstić information content (AvgIpc) is 2.25. The van der Waals surface area contributed by atoms with Gasteiger partial charge in [-0.05, 0) is 32.0 Å². The van der Waals surface area contributed by atoms with Crippen molar-refractivity contribution < 1.29 is 13.4 Å². The minimum absolute atomic E-state index is 0.0572. The Labute approximate surface area is 108 Å². The fourth-order valence-corrected chi connectivity index (χ4v) is 2.55. The number of halogens is 1. The number of nitrogens with one attached hydrogen (secondary N) is 1.